The second-order valence-electron chi connectivity index (χ2n) is 5.21. The SMILES string of the molecule is Cc1[nH]c2ccccc2c1[C@H](c1cccnc1)C(C#N)C#N. The normalized spacial score (nSPS) is 12.0. The fourth-order valence-corrected chi connectivity index (χ4v) is 2.96. The van der Waals surface area contributed by atoms with Crippen LogP contribution in [-0.4, -0.2) is 9.97 Å². The van der Waals surface area contributed by atoms with Crippen molar-refractivity contribution in [1.29, 1.82) is 10.5 Å². The van der Waals surface area contributed by atoms with E-state index in [0.29, 0.717) is 0 Å². The summed E-state index contributed by atoms with van der Waals surface area (Å²) in [6, 6.07) is 16.0. The lowest BCUT2D eigenvalue weighted by atomic mass is 9.81. The Hall–Kier alpha value is -3.11. The van der Waals surface area contributed by atoms with E-state index in [0.717, 1.165) is 27.7 Å². The molecule has 0 aliphatic heterocycles. The number of aromatic amines is 1. The Labute approximate surface area is 128 Å². The van der Waals surface area contributed by atoms with Crippen LogP contribution in [0.1, 0.15) is 22.7 Å². The van der Waals surface area contributed by atoms with Crippen molar-refractivity contribution in [2.45, 2.75) is 12.8 Å². The number of benzene rings is 1. The second kappa shape index (κ2) is 5.71. The van der Waals surface area contributed by atoms with Gasteiger partial charge in [0.25, 0.3) is 0 Å². The van der Waals surface area contributed by atoms with E-state index >= 15 is 0 Å². The Morgan fingerprint density at radius 2 is 1.86 bits per heavy atom. The Kier molecular flexibility index (Phi) is 3.60. The topological polar surface area (TPSA) is 76.3 Å². The highest BCUT2D eigenvalue weighted by atomic mass is 14.7. The molecule has 106 valence electrons. The van der Waals surface area contributed by atoms with Gasteiger partial charge in [-0.25, -0.2) is 0 Å². The van der Waals surface area contributed by atoms with Gasteiger partial charge in [0.1, 0.15) is 5.92 Å². The highest BCUT2D eigenvalue weighted by molar-refractivity contribution is 5.85. The molecule has 0 spiro atoms. The molecular weight excluding hydrogens is 272 g/mol. The van der Waals surface area contributed by atoms with Gasteiger partial charge < -0.3 is 4.98 Å². The minimum atomic E-state index is -0.762. The molecule has 0 bridgehead atoms. The molecule has 1 aromatic carbocycles. The molecule has 2 aromatic heterocycles. The van der Waals surface area contributed by atoms with Gasteiger partial charge in [-0.2, -0.15) is 10.5 Å². The average Bonchev–Trinajstić information content (AvgIpc) is 2.89. The number of nitrogens with zero attached hydrogens (tertiary/aromatic N) is 3. The molecule has 4 heteroatoms. The molecule has 0 saturated heterocycles. The third kappa shape index (κ3) is 2.21. The molecule has 1 atom stereocenters. The maximum Gasteiger partial charge on any atom is 0.144 e. The summed E-state index contributed by atoms with van der Waals surface area (Å²) in [7, 11) is 0. The lowest BCUT2D eigenvalue weighted by Gasteiger charge is -2.18. The van der Waals surface area contributed by atoms with Crippen LogP contribution in [0, 0.1) is 35.5 Å². The van der Waals surface area contributed by atoms with Crippen molar-refractivity contribution >= 4 is 10.9 Å². The van der Waals surface area contributed by atoms with E-state index in [4.69, 9.17) is 0 Å². The first-order valence-corrected chi connectivity index (χ1v) is 7.02. The molecule has 3 aromatic rings. The van der Waals surface area contributed by atoms with Crippen LogP contribution in [0.25, 0.3) is 10.9 Å². The number of pyridine rings is 1. The van der Waals surface area contributed by atoms with E-state index in [1.165, 1.54) is 0 Å². The van der Waals surface area contributed by atoms with Crippen molar-refractivity contribution in [3.63, 3.8) is 0 Å². The number of H-pyrrole nitrogens is 1. The lowest BCUT2D eigenvalue weighted by Crippen LogP contribution is -2.12. The molecule has 0 radical (unpaired) electrons. The third-order valence-electron chi connectivity index (χ3n) is 3.91. The molecule has 0 saturated carbocycles. The summed E-state index contributed by atoms with van der Waals surface area (Å²) in [4.78, 5) is 7.49. The Bertz CT molecular complexity index is 867. The zero-order valence-electron chi connectivity index (χ0n) is 12.1. The first kappa shape index (κ1) is 13.9. The van der Waals surface area contributed by atoms with Crippen LogP contribution in [0.15, 0.2) is 48.8 Å². The van der Waals surface area contributed by atoms with Crippen molar-refractivity contribution in [2.75, 3.05) is 0 Å². The molecule has 22 heavy (non-hydrogen) atoms. The van der Waals surface area contributed by atoms with Gasteiger partial charge in [-0.1, -0.05) is 24.3 Å². The van der Waals surface area contributed by atoms with Crippen molar-refractivity contribution in [1.82, 2.24) is 9.97 Å². The van der Waals surface area contributed by atoms with Gasteiger partial charge >= 0.3 is 0 Å². The summed E-state index contributed by atoms with van der Waals surface area (Å²) in [6.07, 6.45) is 3.42. The predicted octanol–water partition coefficient (Wildman–Crippen LogP) is 3.67. The number of fused-ring (bicyclic) bond motifs is 1. The van der Waals surface area contributed by atoms with Crippen molar-refractivity contribution in [3.05, 3.63) is 65.6 Å². The van der Waals surface area contributed by atoms with Gasteiger partial charge in [-0.05, 0) is 30.2 Å². The molecule has 0 aliphatic carbocycles. The number of nitriles is 2. The van der Waals surface area contributed by atoms with Gasteiger partial charge in [-0.3, -0.25) is 4.98 Å². The van der Waals surface area contributed by atoms with Crippen LogP contribution < -0.4 is 0 Å². The minimum Gasteiger partial charge on any atom is -0.358 e. The van der Waals surface area contributed by atoms with E-state index in [1.54, 1.807) is 12.4 Å². The molecule has 2 heterocycles. The number of para-hydroxylation sites is 1. The van der Waals surface area contributed by atoms with E-state index in [-0.39, 0.29) is 5.92 Å². The van der Waals surface area contributed by atoms with Gasteiger partial charge in [0.15, 0.2) is 0 Å². The largest absolute Gasteiger partial charge is 0.358 e. The number of aromatic nitrogens is 2. The lowest BCUT2D eigenvalue weighted by molar-refractivity contribution is 0.706. The number of hydrogen-bond acceptors (Lipinski definition) is 3. The number of nitrogens with one attached hydrogen (secondary N) is 1. The summed E-state index contributed by atoms with van der Waals surface area (Å²) >= 11 is 0. The molecule has 4 nitrogen and oxygen atoms in total. The maximum atomic E-state index is 9.42. The second-order valence-corrected chi connectivity index (χ2v) is 5.21. The maximum absolute atomic E-state index is 9.42. The summed E-state index contributed by atoms with van der Waals surface area (Å²) in [6.45, 7) is 1.98. The van der Waals surface area contributed by atoms with Gasteiger partial charge in [0.2, 0.25) is 0 Å². The van der Waals surface area contributed by atoms with Gasteiger partial charge in [0.05, 0.1) is 12.1 Å². The monoisotopic (exact) mass is 286 g/mol. The minimum absolute atomic E-state index is 0.320. The molecular formula is C18H14N4. The quantitative estimate of drug-likeness (QED) is 0.798. The van der Waals surface area contributed by atoms with Crippen LogP contribution in [-0.2, 0) is 0 Å². The fourth-order valence-electron chi connectivity index (χ4n) is 2.96. The van der Waals surface area contributed by atoms with E-state index in [9.17, 15) is 10.5 Å². The smallest absolute Gasteiger partial charge is 0.144 e. The first-order chi connectivity index (χ1) is 10.8. The predicted molar refractivity (Wildman–Crippen MR) is 83.8 cm³/mol. The Balaban J connectivity index is 2.28. The van der Waals surface area contributed by atoms with E-state index in [1.807, 2.05) is 43.3 Å². The van der Waals surface area contributed by atoms with Crippen LogP contribution in [0.2, 0.25) is 0 Å². The number of rotatable bonds is 3. The zero-order chi connectivity index (χ0) is 15.5. The molecule has 3 rings (SSSR count). The number of hydrogen-bond donors (Lipinski definition) is 1. The van der Waals surface area contributed by atoms with Gasteiger partial charge in [-0.15, -0.1) is 0 Å². The van der Waals surface area contributed by atoms with Crippen LogP contribution in [0.3, 0.4) is 0 Å². The zero-order valence-corrected chi connectivity index (χ0v) is 12.1. The summed E-state index contributed by atoms with van der Waals surface area (Å²) < 4.78 is 0. The standard InChI is InChI=1S/C18H14N4/c1-12-17(15-6-2-3-7-16(15)22-12)18(14(9-19)10-20)13-5-4-8-21-11-13/h2-8,11,14,18,22H,1H3/t18-/m1/s1. The van der Waals surface area contributed by atoms with Crippen molar-refractivity contribution in [2.24, 2.45) is 5.92 Å². The highest BCUT2D eigenvalue weighted by Crippen LogP contribution is 2.37. The van der Waals surface area contributed by atoms with E-state index in [2.05, 4.69) is 22.1 Å². The molecule has 0 amide bonds. The van der Waals surface area contributed by atoms with Crippen molar-refractivity contribution in [3.8, 4) is 12.1 Å². The van der Waals surface area contributed by atoms with Crippen molar-refractivity contribution < 1.29 is 0 Å². The van der Waals surface area contributed by atoms with Crippen LogP contribution in [0.4, 0.5) is 0 Å². The average molecular weight is 286 g/mol. The molecule has 1 N–H and O–H groups in total. The number of aryl methyl sites for hydroxylation is 1. The summed E-state index contributed by atoms with van der Waals surface area (Å²) in [5.41, 5.74) is 3.87. The third-order valence-corrected chi connectivity index (χ3v) is 3.91. The first-order valence-electron chi connectivity index (χ1n) is 7.02. The summed E-state index contributed by atoms with van der Waals surface area (Å²) in [5.74, 6) is -1.08. The molecule has 0 unspecified atom stereocenters. The Morgan fingerprint density at radius 3 is 2.55 bits per heavy atom. The molecule has 0 fully saturated rings. The van der Waals surface area contributed by atoms with Crippen LogP contribution in [0.5, 0.6) is 0 Å². The van der Waals surface area contributed by atoms with Crippen LogP contribution >= 0.6 is 0 Å². The fraction of sp³-hybridized carbons (Fsp3) is 0.167. The molecule has 0 aliphatic rings. The van der Waals surface area contributed by atoms with Gasteiger partial charge in [0, 0.05) is 34.9 Å². The summed E-state index contributed by atoms with van der Waals surface area (Å²) in [5, 5.41) is 19.9. The Morgan fingerprint density at radius 1 is 1.09 bits per heavy atom. The van der Waals surface area contributed by atoms with E-state index < -0.39 is 5.92 Å². The highest BCUT2D eigenvalue weighted by Gasteiger charge is 2.29.